The van der Waals surface area contributed by atoms with Gasteiger partial charge in [-0.3, -0.25) is 4.79 Å². The number of fused-ring (bicyclic) bond motifs is 13. The monoisotopic (exact) mass is 514 g/mol. The number of ether oxygens (including phenoxy) is 2. The Balaban J connectivity index is 1.92. The van der Waals surface area contributed by atoms with Crippen molar-refractivity contribution in [2.45, 2.75) is 51.5 Å². The van der Waals surface area contributed by atoms with E-state index < -0.39 is 22.0 Å². The van der Waals surface area contributed by atoms with Gasteiger partial charge in [0.05, 0.1) is 12.4 Å². The zero-order chi connectivity index (χ0) is 25.8. The van der Waals surface area contributed by atoms with E-state index in [1.54, 1.807) is 54.6 Å². The van der Waals surface area contributed by atoms with Gasteiger partial charge in [0, 0.05) is 18.2 Å². The molecule has 36 heavy (non-hydrogen) atoms. The van der Waals surface area contributed by atoms with Crippen molar-refractivity contribution in [1.82, 2.24) is 10.0 Å². The fourth-order valence-electron chi connectivity index (χ4n) is 3.67. The lowest BCUT2D eigenvalue weighted by molar-refractivity contribution is -0.136. The first-order valence-electron chi connectivity index (χ1n) is 12.4. The van der Waals surface area contributed by atoms with E-state index in [9.17, 15) is 18.0 Å². The minimum Gasteiger partial charge on any atom is -0.494 e. The second-order valence-corrected chi connectivity index (χ2v) is 10.5. The van der Waals surface area contributed by atoms with Crippen molar-refractivity contribution in [3.05, 3.63) is 65.7 Å². The first-order valence-corrected chi connectivity index (χ1v) is 14.0. The van der Waals surface area contributed by atoms with Gasteiger partial charge in [-0.25, -0.2) is 13.2 Å². The molecule has 2 aliphatic rings. The summed E-state index contributed by atoms with van der Waals surface area (Å²) in [6, 6.07) is 12.3. The Hall–Kier alpha value is -3.17. The molecule has 0 radical (unpaired) electrons. The van der Waals surface area contributed by atoms with Crippen molar-refractivity contribution in [3.63, 3.8) is 0 Å². The van der Waals surface area contributed by atoms with Gasteiger partial charge in [0.2, 0.25) is 15.9 Å². The van der Waals surface area contributed by atoms with E-state index >= 15 is 0 Å². The molecule has 2 N–H and O–H groups in total. The summed E-state index contributed by atoms with van der Waals surface area (Å²) in [7, 11) is -3.74. The Morgan fingerprint density at radius 1 is 0.972 bits per heavy atom. The van der Waals surface area contributed by atoms with E-state index in [4.69, 9.17) is 9.47 Å². The lowest BCUT2D eigenvalue weighted by Crippen LogP contribution is -2.37. The van der Waals surface area contributed by atoms with Crippen molar-refractivity contribution in [3.8, 4) is 11.5 Å². The van der Waals surface area contributed by atoms with Gasteiger partial charge in [-0.1, -0.05) is 56.5 Å². The minimum atomic E-state index is -3.74. The van der Waals surface area contributed by atoms with Crippen molar-refractivity contribution in [2.75, 3.05) is 18.9 Å². The maximum atomic E-state index is 13.3. The maximum absolute atomic E-state index is 13.3. The van der Waals surface area contributed by atoms with Gasteiger partial charge in [0.25, 0.3) is 0 Å². The number of para-hydroxylation sites is 1. The second kappa shape index (κ2) is 13.8. The Morgan fingerprint density at radius 3 is 2.50 bits per heavy atom. The molecule has 2 heterocycles. The number of carbonyl (C=O) groups excluding carboxylic acids is 2. The fourth-order valence-corrected chi connectivity index (χ4v) is 5.04. The summed E-state index contributed by atoms with van der Waals surface area (Å²) in [6.45, 7) is 3.01. The third-order valence-corrected chi connectivity index (χ3v) is 7.12. The molecule has 0 unspecified atom stereocenters. The Bertz CT molecular complexity index is 1150. The summed E-state index contributed by atoms with van der Waals surface area (Å²) in [6.07, 6.45) is 7.84. The van der Waals surface area contributed by atoms with Gasteiger partial charge < -0.3 is 14.8 Å². The van der Waals surface area contributed by atoms with E-state index in [0.29, 0.717) is 42.9 Å². The van der Waals surface area contributed by atoms with Gasteiger partial charge in [-0.2, -0.15) is 4.72 Å². The van der Waals surface area contributed by atoms with Crippen LogP contribution < -0.4 is 19.5 Å². The topological polar surface area (TPSA) is 111 Å². The highest BCUT2D eigenvalue weighted by atomic mass is 32.2. The van der Waals surface area contributed by atoms with Crippen LogP contribution >= 0.6 is 0 Å². The minimum absolute atomic E-state index is 0.0943. The van der Waals surface area contributed by atoms with E-state index in [1.165, 1.54) is 6.08 Å². The molecule has 0 saturated heterocycles. The molecule has 0 spiro atoms. The van der Waals surface area contributed by atoms with Crippen LogP contribution in [-0.2, 0) is 19.6 Å². The van der Waals surface area contributed by atoms with Gasteiger partial charge in [-0.15, -0.1) is 0 Å². The second-order valence-electron chi connectivity index (χ2n) is 8.64. The predicted molar refractivity (Wildman–Crippen MR) is 139 cm³/mol. The number of sulfonamides is 1. The number of amides is 1. The first-order chi connectivity index (χ1) is 17.4. The molecule has 2 bridgehead atoms. The molecule has 2 aromatic rings. The normalized spacial score (nSPS) is 18.9. The molecule has 1 amide bonds. The number of esters is 1. The van der Waals surface area contributed by atoms with Crippen LogP contribution in [0.5, 0.6) is 11.5 Å². The Labute approximate surface area is 213 Å². The SMILES string of the molecule is CCCCS(=O)(=O)N[C@@H]1C(=O)Oc2ccccc2/C=C\C(=O)NCCCCCCOc2ccc1cc2. The third-order valence-electron chi connectivity index (χ3n) is 5.70. The van der Waals surface area contributed by atoms with Crippen LogP contribution in [0.2, 0.25) is 0 Å². The number of unbranched alkanes of at least 4 members (excludes halogenated alkanes) is 1. The van der Waals surface area contributed by atoms with Gasteiger partial charge >= 0.3 is 5.97 Å². The summed E-state index contributed by atoms with van der Waals surface area (Å²) >= 11 is 0. The zero-order valence-electron chi connectivity index (χ0n) is 20.6. The van der Waals surface area contributed by atoms with Crippen LogP contribution in [-0.4, -0.2) is 39.2 Å². The highest BCUT2D eigenvalue weighted by molar-refractivity contribution is 7.89. The average Bonchev–Trinajstić information content (AvgIpc) is 2.87. The molecule has 194 valence electrons. The first kappa shape index (κ1) is 27.4. The number of nitrogens with one attached hydrogen (secondary N) is 2. The number of benzene rings is 2. The predicted octanol–water partition coefficient (Wildman–Crippen LogP) is 4.14. The molecular weight excluding hydrogens is 480 g/mol. The van der Waals surface area contributed by atoms with E-state index in [0.717, 1.165) is 25.7 Å². The van der Waals surface area contributed by atoms with Crippen LogP contribution in [0.3, 0.4) is 0 Å². The molecule has 8 nitrogen and oxygen atoms in total. The zero-order valence-corrected chi connectivity index (χ0v) is 21.4. The smallest absolute Gasteiger partial charge is 0.334 e. The van der Waals surface area contributed by atoms with Gasteiger partial charge in [-0.05, 0) is 49.1 Å². The summed E-state index contributed by atoms with van der Waals surface area (Å²) in [5, 5.41) is 2.85. The van der Waals surface area contributed by atoms with E-state index in [-0.39, 0.29) is 17.4 Å². The van der Waals surface area contributed by atoms with Crippen LogP contribution in [0, 0.1) is 0 Å². The lowest BCUT2D eigenvalue weighted by Gasteiger charge is -2.19. The molecule has 4 rings (SSSR count). The molecule has 2 aliphatic heterocycles. The van der Waals surface area contributed by atoms with E-state index in [2.05, 4.69) is 10.0 Å². The number of hydrogen-bond donors (Lipinski definition) is 2. The standard InChI is InChI=1S/C27H34N2O6S/c1-2-3-20-36(32,33)29-26-22-12-15-23(16-13-22)34-19-9-5-4-8-18-28-25(30)17-14-21-10-6-7-11-24(21)35-27(26)31/h6-7,10-17,26,29H,2-5,8-9,18-20H2,1H3,(H,28,30)/b17-14-/t26-/m0/s1. The van der Waals surface area contributed by atoms with Crippen molar-refractivity contribution in [2.24, 2.45) is 0 Å². The Morgan fingerprint density at radius 2 is 1.72 bits per heavy atom. The van der Waals surface area contributed by atoms with Crippen molar-refractivity contribution in [1.29, 1.82) is 0 Å². The van der Waals surface area contributed by atoms with Crippen LogP contribution in [0.15, 0.2) is 54.6 Å². The quantitative estimate of drug-likeness (QED) is 0.458. The van der Waals surface area contributed by atoms with E-state index in [1.807, 2.05) is 6.92 Å². The van der Waals surface area contributed by atoms with Crippen LogP contribution in [0.1, 0.15) is 62.6 Å². The molecule has 2 aromatic carbocycles. The summed E-state index contributed by atoms with van der Waals surface area (Å²) in [5.74, 6) is -0.253. The number of hydrogen-bond acceptors (Lipinski definition) is 6. The van der Waals surface area contributed by atoms with Gasteiger partial charge in [0.1, 0.15) is 17.5 Å². The summed E-state index contributed by atoms with van der Waals surface area (Å²) in [4.78, 5) is 25.5. The molecule has 0 fully saturated rings. The highest BCUT2D eigenvalue weighted by Crippen LogP contribution is 2.25. The van der Waals surface area contributed by atoms with Crippen molar-refractivity contribution < 1.29 is 27.5 Å². The molecule has 0 aromatic heterocycles. The summed E-state index contributed by atoms with van der Waals surface area (Å²) in [5.41, 5.74) is 0.959. The molecule has 9 heteroatoms. The van der Waals surface area contributed by atoms with Crippen LogP contribution in [0.4, 0.5) is 0 Å². The average molecular weight is 515 g/mol. The lowest BCUT2D eigenvalue weighted by atomic mass is 10.1. The Kier molecular flexibility index (Phi) is 10.5. The molecule has 0 saturated carbocycles. The highest BCUT2D eigenvalue weighted by Gasteiger charge is 2.28. The number of carbonyl (C=O) groups is 2. The molecule has 1 atom stereocenters. The number of rotatable bonds is 5. The largest absolute Gasteiger partial charge is 0.494 e. The molecule has 0 aliphatic carbocycles. The van der Waals surface area contributed by atoms with Crippen LogP contribution in [0.25, 0.3) is 6.08 Å². The third kappa shape index (κ3) is 8.80. The fraction of sp³-hybridized carbons (Fsp3) is 0.407. The van der Waals surface area contributed by atoms with Crippen molar-refractivity contribution >= 4 is 28.0 Å². The summed E-state index contributed by atoms with van der Waals surface area (Å²) < 4.78 is 39.3. The van der Waals surface area contributed by atoms with Gasteiger partial charge in [0.15, 0.2) is 0 Å². The maximum Gasteiger partial charge on any atom is 0.334 e. The molecular formula is C27H34N2O6S.